The van der Waals surface area contributed by atoms with Crippen LogP contribution in [0.15, 0.2) is 0 Å². The highest BCUT2D eigenvalue weighted by molar-refractivity contribution is 8.01. The second-order valence-corrected chi connectivity index (χ2v) is 6.24. The molecule has 0 unspecified atom stereocenters. The molecule has 0 aromatic carbocycles. The number of carbonyl (C=O) groups is 6. The van der Waals surface area contributed by atoms with Gasteiger partial charge in [0.25, 0.3) is 0 Å². The highest BCUT2D eigenvalue weighted by atomic mass is 32.2. The second-order valence-electron chi connectivity index (χ2n) is 5.10. The molecule has 0 heterocycles. The third-order valence-corrected chi connectivity index (χ3v) is 4.21. The van der Waals surface area contributed by atoms with Crippen molar-refractivity contribution in [3.05, 3.63) is 0 Å². The molecule has 0 aliphatic carbocycles. The number of aliphatic carboxylic acids is 4. The second kappa shape index (κ2) is 11.7. The molecule has 13 nitrogen and oxygen atoms in total. The van der Waals surface area contributed by atoms with E-state index < -0.39 is 65.3 Å². The maximum atomic E-state index is 12.0. The van der Waals surface area contributed by atoms with Gasteiger partial charge in [0.1, 0.15) is 18.6 Å². The van der Waals surface area contributed by atoms with Gasteiger partial charge in [-0.25, -0.2) is 0 Å². The van der Waals surface area contributed by atoms with E-state index in [1.165, 1.54) is 0 Å². The smallest absolute Gasteiger partial charge is 0.328 e. The van der Waals surface area contributed by atoms with E-state index in [4.69, 9.17) is 26.2 Å². The molecule has 0 rings (SSSR count). The number of nitrogens with one attached hydrogen (secondary N) is 2. The summed E-state index contributed by atoms with van der Waals surface area (Å²) >= 11 is 0.339. The average molecular weight is 409 g/mol. The molecule has 0 aliphatic rings. The highest BCUT2D eigenvalue weighted by Crippen LogP contribution is 2.14. The van der Waals surface area contributed by atoms with E-state index in [1.807, 2.05) is 5.32 Å². The van der Waals surface area contributed by atoms with Crippen molar-refractivity contribution in [3.63, 3.8) is 0 Å². The Morgan fingerprint density at radius 1 is 0.926 bits per heavy atom. The lowest BCUT2D eigenvalue weighted by Gasteiger charge is -2.19. The number of carbonyl (C=O) groups excluding carboxylic acids is 2. The number of hydrogen-bond donors (Lipinski definition) is 7. The normalized spacial score (nSPS) is 12.7. The molecule has 0 bridgehead atoms. The molecule has 2 atom stereocenters. The van der Waals surface area contributed by atoms with Crippen LogP contribution in [0.3, 0.4) is 0 Å². The van der Waals surface area contributed by atoms with Crippen molar-refractivity contribution < 1.29 is 49.2 Å². The van der Waals surface area contributed by atoms with Gasteiger partial charge in [0, 0.05) is 12.2 Å². The first kappa shape index (κ1) is 24.1. The Morgan fingerprint density at radius 3 is 1.93 bits per heavy atom. The maximum absolute atomic E-state index is 12.0. The third-order valence-electron chi connectivity index (χ3n) is 2.94. The number of rotatable bonds is 13. The molecule has 0 saturated heterocycles. The zero-order valence-corrected chi connectivity index (χ0v) is 14.6. The third kappa shape index (κ3) is 10.0. The van der Waals surface area contributed by atoms with Crippen molar-refractivity contribution >= 4 is 47.5 Å². The lowest BCUT2D eigenvalue weighted by molar-refractivity contribution is -0.146. The van der Waals surface area contributed by atoms with Gasteiger partial charge in [-0.1, -0.05) is 0 Å². The van der Waals surface area contributed by atoms with E-state index >= 15 is 0 Å². The molecular weight excluding hydrogens is 390 g/mol. The summed E-state index contributed by atoms with van der Waals surface area (Å²) < 4.78 is 0. The summed E-state index contributed by atoms with van der Waals surface area (Å²) in [5.74, 6) is -8.31. The quantitative estimate of drug-likeness (QED) is 0.152. The van der Waals surface area contributed by atoms with E-state index in [1.54, 1.807) is 0 Å². The van der Waals surface area contributed by atoms with Crippen molar-refractivity contribution in [2.24, 2.45) is 5.73 Å². The summed E-state index contributed by atoms with van der Waals surface area (Å²) in [5, 5.41) is 37.1. The van der Waals surface area contributed by atoms with Crippen LogP contribution in [0.2, 0.25) is 0 Å². The molecule has 152 valence electrons. The maximum Gasteiger partial charge on any atom is 0.328 e. The number of carboxylic acids is 4. The van der Waals surface area contributed by atoms with Crippen molar-refractivity contribution in [1.29, 1.82) is 0 Å². The Hall–Kier alpha value is -2.87. The standard InChI is InChI=1S/C13H19N3O10S/c14-5(11(21)22)1-2-7(17)16-6(10(20)15-3-8(18)19)4-27-9(12(23)24)13(25)26/h5-6,9H,1-4,14H2,(H,15,20)(H,16,17)(H,18,19)(H,21,22)(H,23,24)(H,25,26)/t5-,6-/m0/s1. The predicted molar refractivity (Wildman–Crippen MR) is 88.9 cm³/mol. The van der Waals surface area contributed by atoms with Crippen LogP contribution in [0, 0.1) is 0 Å². The Bertz CT molecular complexity index is 597. The van der Waals surface area contributed by atoms with E-state index in [-0.39, 0.29) is 12.8 Å². The Morgan fingerprint density at radius 2 is 1.48 bits per heavy atom. The van der Waals surface area contributed by atoms with Gasteiger partial charge in [-0.15, -0.1) is 11.8 Å². The molecular formula is C13H19N3O10S. The van der Waals surface area contributed by atoms with E-state index in [9.17, 15) is 28.8 Å². The number of thioether (sulfide) groups is 1. The van der Waals surface area contributed by atoms with E-state index in [2.05, 4.69) is 5.32 Å². The van der Waals surface area contributed by atoms with Gasteiger partial charge >= 0.3 is 23.9 Å². The van der Waals surface area contributed by atoms with Gasteiger partial charge in [0.15, 0.2) is 5.25 Å². The van der Waals surface area contributed by atoms with Gasteiger partial charge in [0.2, 0.25) is 11.8 Å². The molecule has 0 aromatic heterocycles. The molecule has 0 fully saturated rings. The summed E-state index contributed by atoms with van der Waals surface area (Å²) in [6.07, 6.45) is -0.618. The predicted octanol–water partition coefficient (Wildman–Crippen LogP) is -2.86. The van der Waals surface area contributed by atoms with Crippen LogP contribution in [0.25, 0.3) is 0 Å². The van der Waals surface area contributed by atoms with Crippen LogP contribution in [-0.4, -0.2) is 85.7 Å². The first-order valence-electron chi connectivity index (χ1n) is 7.30. The SMILES string of the molecule is N[C@@H](CCC(=O)N[C@@H](CSC(C(=O)O)C(=O)O)C(=O)NCC(=O)O)C(=O)O. The lowest BCUT2D eigenvalue weighted by Crippen LogP contribution is -2.50. The highest BCUT2D eigenvalue weighted by Gasteiger charge is 2.30. The van der Waals surface area contributed by atoms with Crippen molar-refractivity contribution in [2.75, 3.05) is 12.3 Å². The van der Waals surface area contributed by atoms with E-state index in [0.717, 1.165) is 0 Å². The van der Waals surface area contributed by atoms with Gasteiger partial charge < -0.3 is 36.8 Å². The molecule has 0 aliphatic heterocycles. The number of carboxylic acid groups (broad SMARTS) is 4. The summed E-state index contributed by atoms with van der Waals surface area (Å²) in [6.45, 7) is -0.777. The fourth-order valence-electron chi connectivity index (χ4n) is 1.59. The van der Waals surface area contributed by atoms with Crippen LogP contribution in [0.5, 0.6) is 0 Å². The number of nitrogens with two attached hydrogens (primary N) is 1. The summed E-state index contributed by atoms with van der Waals surface area (Å²) in [5.41, 5.74) is 5.24. The van der Waals surface area contributed by atoms with Crippen molar-refractivity contribution in [1.82, 2.24) is 10.6 Å². The van der Waals surface area contributed by atoms with Crippen molar-refractivity contribution in [2.45, 2.75) is 30.2 Å². The lowest BCUT2D eigenvalue weighted by atomic mass is 10.1. The monoisotopic (exact) mass is 409 g/mol. The summed E-state index contributed by atoms with van der Waals surface area (Å²) in [4.78, 5) is 66.6. The topological polar surface area (TPSA) is 233 Å². The first-order valence-corrected chi connectivity index (χ1v) is 8.35. The molecule has 0 spiro atoms. The zero-order valence-electron chi connectivity index (χ0n) is 13.8. The van der Waals surface area contributed by atoms with Gasteiger partial charge in [-0.05, 0) is 6.42 Å². The molecule has 0 aromatic rings. The van der Waals surface area contributed by atoms with Gasteiger partial charge in [-0.2, -0.15) is 0 Å². The molecule has 8 N–H and O–H groups in total. The van der Waals surface area contributed by atoms with Crippen LogP contribution in [-0.2, 0) is 28.8 Å². The molecule has 27 heavy (non-hydrogen) atoms. The zero-order chi connectivity index (χ0) is 21.1. The average Bonchev–Trinajstić information content (AvgIpc) is 2.55. The van der Waals surface area contributed by atoms with Crippen LogP contribution in [0.1, 0.15) is 12.8 Å². The largest absolute Gasteiger partial charge is 0.480 e. The fourth-order valence-corrected chi connectivity index (χ4v) is 2.49. The minimum absolute atomic E-state index is 0.245. The molecule has 2 amide bonds. The van der Waals surface area contributed by atoms with Crippen LogP contribution < -0.4 is 16.4 Å². The summed E-state index contributed by atoms with van der Waals surface area (Å²) in [7, 11) is 0. The number of amides is 2. The fraction of sp³-hybridized carbons (Fsp3) is 0.538. The minimum Gasteiger partial charge on any atom is -0.480 e. The van der Waals surface area contributed by atoms with Gasteiger partial charge in [-0.3, -0.25) is 28.8 Å². The van der Waals surface area contributed by atoms with E-state index in [0.29, 0.717) is 11.8 Å². The Kier molecular flexibility index (Phi) is 10.4. The van der Waals surface area contributed by atoms with Crippen LogP contribution in [0.4, 0.5) is 0 Å². The Balaban J connectivity index is 4.96. The summed E-state index contributed by atoms with van der Waals surface area (Å²) in [6, 6.07) is -2.75. The minimum atomic E-state index is -1.91. The number of hydrogen-bond acceptors (Lipinski definition) is 8. The Labute approximate surface area is 156 Å². The molecule has 0 saturated carbocycles. The van der Waals surface area contributed by atoms with Crippen LogP contribution >= 0.6 is 11.8 Å². The molecule has 14 heteroatoms. The first-order chi connectivity index (χ1) is 12.5. The van der Waals surface area contributed by atoms with Crippen molar-refractivity contribution in [3.8, 4) is 0 Å². The van der Waals surface area contributed by atoms with Gasteiger partial charge in [0.05, 0.1) is 0 Å². The molecule has 0 radical (unpaired) electrons.